The normalized spacial score (nSPS) is 11.1. The second kappa shape index (κ2) is 28.6. The van der Waals surface area contributed by atoms with Crippen molar-refractivity contribution in [1.29, 1.82) is 0 Å². The fourth-order valence-electron chi connectivity index (χ4n) is 4.96. The SMILES string of the molecule is CC#CC(CCCCCCCCCCCCCC)CCCCCCCCCCCCCC. The number of rotatable bonds is 26. The first-order valence-corrected chi connectivity index (χ1v) is 15.3. The molecule has 0 radical (unpaired) electrons. The Morgan fingerprint density at radius 1 is 0.375 bits per heavy atom. The van der Waals surface area contributed by atoms with Gasteiger partial charge in [0.05, 0.1) is 0 Å². The zero-order valence-corrected chi connectivity index (χ0v) is 23.0. The van der Waals surface area contributed by atoms with Crippen molar-refractivity contribution in [3.63, 3.8) is 0 Å². The van der Waals surface area contributed by atoms with Gasteiger partial charge >= 0.3 is 0 Å². The van der Waals surface area contributed by atoms with Gasteiger partial charge in [-0.2, -0.15) is 0 Å². The first-order valence-electron chi connectivity index (χ1n) is 15.3. The molecule has 0 fully saturated rings. The van der Waals surface area contributed by atoms with E-state index in [2.05, 4.69) is 25.7 Å². The van der Waals surface area contributed by atoms with Crippen molar-refractivity contribution in [2.24, 2.45) is 5.92 Å². The molecule has 0 saturated heterocycles. The predicted molar refractivity (Wildman–Crippen MR) is 148 cm³/mol. The molecule has 0 aromatic carbocycles. The van der Waals surface area contributed by atoms with E-state index in [1.807, 2.05) is 6.92 Å². The molecule has 0 nitrogen and oxygen atoms in total. The van der Waals surface area contributed by atoms with Crippen LogP contribution in [0.15, 0.2) is 0 Å². The summed E-state index contributed by atoms with van der Waals surface area (Å²) in [6.07, 6.45) is 37.3. The second-order valence-electron chi connectivity index (χ2n) is 10.4. The molecule has 32 heavy (non-hydrogen) atoms. The van der Waals surface area contributed by atoms with E-state index in [9.17, 15) is 0 Å². The lowest BCUT2D eigenvalue weighted by Crippen LogP contribution is -1.98. The van der Waals surface area contributed by atoms with Gasteiger partial charge in [-0.3, -0.25) is 0 Å². The van der Waals surface area contributed by atoms with Crippen LogP contribution in [0.2, 0.25) is 0 Å². The van der Waals surface area contributed by atoms with Gasteiger partial charge in [0.15, 0.2) is 0 Å². The van der Waals surface area contributed by atoms with Crippen LogP contribution in [0.25, 0.3) is 0 Å². The molecule has 0 spiro atoms. The van der Waals surface area contributed by atoms with E-state index in [0.29, 0.717) is 5.92 Å². The summed E-state index contributed by atoms with van der Waals surface area (Å²) in [5.74, 6) is 7.39. The standard InChI is InChI=1S/C32H62/c1-4-7-9-11-13-15-17-19-21-23-25-27-30-32(29-6-3)31-28-26-24-22-20-18-16-14-12-10-8-5-2/h32H,4-5,7-28,30-31H2,1-3H3. The summed E-state index contributed by atoms with van der Waals surface area (Å²) in [7, 11) is 0. The van der Waals surface area contributed by atoms with Crippen molar-refractivity contribution in [3.05, 3.63) is 0 Å². The highest BCUT2D eigenvalue weighted by Gasteiger charge is 2.05. The quantitative estimate of drug-likeness (QED) is 0.0915. The minimum Gasteiger partial charge on any atom is -0.106 e. The Labute approximate surface area is 205 Å². The summed E-state index contributed by atoms with van der Waals surface area (Å²) in [6.45, 7) is 6.63. The minimum atomic E-state index is 0.672. The van der Waals surface area contributed by atoms with Crippen molar-refractivity contribution in [2.45, 2.75) is 188 Å². The van der Waals surface area contributed by atoms with E-state index < -0.39 is 0 Å². The first kappa shape index (κ1) is 31.6. The average molecular weight is 447 g/mol. The minimum absolute atomic E-state index is 0.672. The zero-order valence-electron chi connectivity index (χ0n) is 23.0. The summed E-state index contributed by atoms with van der Waals surface area (Å²) in [4.78, 5) is 0. The Bertz CT molecular complexity index is 357. The molecule has 0 aliphatic heterocycles. The molecule has 0 aromatic rings. The number of hydrogen-bond acceptors (Lipinski definition) is 0. The molecule has 0 aromatic heterocycles. The van der Waals surface area contributed by atoms with E-state index in [0.717, 1.165) is 0 Å². The van der Waals surface area contributed by atoms with Gasteiger partial charge in [-0.1, -0.05) is 168 Å². The lowest BCUT2D eigenvalue weighted by molar-refractivity contribution is 0.470. The van der Waals surface area contributed by atoms with Crippen LogP contribution >= 0.6 is 0 Å². The molecule has 0 atom stereocenters. The lowest BCUT2D eigenvalue weighted by atomic mass is 9.94. The molecule has 0 bridgehead atoms. The molecule has 190 valence electrons. The molecule has 0 heteroatoms. The maximum Gasteiger partial charge on any atom is 0.0202 e. The molecule has 0 unspecified atom stereocenters. The van der Waals surface area contributed by atoms with E-state index >= 15 is 0 Å². The smallest absolute Gasteiger partial charge is 0.0202 e. The average Bonchev–Trinajstić information content (AvgIpc) is 2.80. The summed E-state index contributed by atoms with van der Waals surface area (Å²) >= 11 is 0. The van der Waals surface area contributed by atoms with Gasteiger partial charge in [0.1, 0.15) is 0 Å². The van der Waals surface area contributed by atoms with Crippen LogP contribution in [0.3, 0.4) is 0 Å². The fourth-order valence-corrected chi connectivity index (χ4v) is 4.96. The van der Waals surface area contributed by atoms with E-state index in [1.165, 1.54) is 167 Å². The molecule has 0 aliphatic carbocycles. The van der Waals surface area contributed by atoms with Crippen molar-refractivity contribution >= 4 is 0 Å². The Morgan fingerprint density at radius 3 is 0.875 bits per heavy atom. The molecular weight excluding hydrogens is 384 g/mol. The Kier molecular flexibility index (Phi) is 28.2. The molecule has 0 amide bonds. The Morgan fingerprint density at radius 2 is 0.625 bits per heavy atom. The fraction of sp³-hybridized carbons (Fsp3) is 0.938. The van der Waals surface area contributed by atoms with Gasteiger partial charge in [-0.05, 0) is 19.8 Å². The molecule has 0 rings (SSSR count). The molecule has 0 aliphatic rings. The van der Waals surface area contributed by atoms with Crippen molar-refractivity contribution in [2.75, 3.05) is 0 Å². The predicted octanol–water partition coefficient (Wildman–Crippen LogP) is 11.8. The Balaban J connectivity index is 3.41. The van der Waals surface area contributed by atoms with Gasteiger partial charge in [0.25, 0.3) is 0 Å². The van der Waals surface area contributed by atoms with Gasteiger partial charge in [-0.25, -0.2) is 0 Å². The Hall–Kier alpha value is -0.440. The third-order valence-corrected chi connectivity index (χ3v) is 7.16. The van der Waals surface area contributed by atoms with Crippen molar-refractivity contribution in [1.82, 2.24) is 0 Å². The summed E-state index contributed by atoms with van der Waals surface area (Å²) in [5.41, 5.74) is 0. The second-order valence-corrected chi connectivity index (χ2v) is 10.4. The number of hydrogen-bond donors (Lipinski definition) is 0. The third-order valence-electron chi connectivity index (χ3n) is 7.16. The lowest BCUT2D eigenvalue weighted by Gasteiger charge is -2.11. The van der Waals surface area contributed by atoms with Crippen LogP contribution in [0.4, 0.5) is 0 Å². The maximum absolute atomic E-state index is 3.51. The maximum atomic E-state index is 3.51. The van der Waals surface area contributed by atoms with Gasteiger partial charge < -0.3 is 0 Å². The van der Waals surface area contributed by atoms with E-state index in [1.54, 1.807) is 0 Å². The summed E-state index contributed by atoms with van der Waals surface area (Å²) < 4.78 is 0. The van der Waals surface area contributed by atoms with Gasteiger partial charge in [0, 0.05) is 5.92 Å². The highest BCUT2D eigenvalue weighted by molar-refractivity contribution is 5.00. The van der Waals surface area contributed by atoms with Crippen LogP contribution < -0.4 is 0 Å². The first-order chi connectivity index (χ1) is 15.8. The van der Waals surface area contributed by atoms with Gasteiger partial charge in [-0.15, -0.1) is 11.8 Å². The third kappa shape index (κ3) is 25.8. The summed E-state index contributed by atoms with van der Waals surface area (Å²) in [5, 5.41) is 0. The highest BCUT2D eigenvalue weighted by Crippen LogP contribution is 2.19. The molecular formula is C32H62. The van der Waals surface area contributed by atoms with Crippen molar-refractivity contribution < 1.29 is 0 Å². The van der Waals surface area contributed by atoms with Crippen molar-refractivity contribution in [3.8, 4) is 11.8 Å². The topological polar surface area (TPSA) is 0 Å². The van der Waals surface area contributed by atoms with Gasteiger partial charge in [0.2, 0.25) is 0 Å². The monoisotopic (exact) mass is 446 g/mol. The van der Waals surface area contributed by atoms with Crippen LogP contribution in [0.5, 0.6) is 0 Å². The van der Waals surface area contributed by atoms with Crippen LogP contribution in [-0.2, 0) is 0 Å². The molecule has 0 saturated carbocycles. The van der Waals surface area contributed by atoms with Crippen LogP contribution in [0, 0.1) is 17.8 Å². The molecule has 0 N–H and O–H groups in total. The van der Waals surface area contributed by atoms with E-state index in [-0.39, 0.29) is 0 Å². The molecule has 0 heterocycles. The summed E-state index contributed by atoms with van der Waals surface area (Å²) in [6, 6.07) is 0. The van der Waals surface area contributed by atoms with Crippen LogP contribution in [0.1, 0.15) is 188 Å². The van der Waals surface area contributed by atoms with Crippen LogP contribution in [-0.4, -0.2) is 0 Å². The van der Waals surface area contributed by atoms with E-state index in [4.69, 9.17) is 0 Å². The number of unbranched alkanes of at least 4 members (excludes halogenated alkanes) is 22. The largest absolute Gasteiger partial charge is 0.106 e. The highest BCUT2D eigenvalue weighted by atomic mass is 14.1. The zero-order chi connectivity index (χ0) is 23.4.